The van der Waals surface area contributed by atoms with Gasteiger partial charge in [-0.15, -0.1) is 0 Å². The van der Waals surface area contributed by atoms with Crippen molar-refractivity contribution in [3.63, 3.8) is 0 Å². The summed E-state index contributed by atoms with van der Waals surface area (Å²) in [5, 5.41) is 11.3. The number of amides is 1. The van der Waals surface area contributed by atoms with E-state index in [4.69, 9.17) is 9.47 Å². The number of carbonyl (C=O) groups is 3. The molecule has 1 aliphatic heterocycles. The number of nitrogens with zero attached hydrogens (tertiary/aromatic N) is 1. The zero-order valence-electron chi connectivity index (χ0n) is 18.6. The Hall–Kier alpha value is -3.09. The number of hydrogen-bond donors (Lipinski definition) is 1. The van der Waals surface area contributed by atoms with Crippen molar-refractivity contribution in [1.82, 2.24) is 4.90 Å². The molecule has 0 radical (unpaired) electrons. The van der Waals surface area contributed by atoms with Gasteiger partial charge in [-0.3, -0.25) is 14.4 Å². The molecule has 3 aliphatic rings. The number of aliphatic hydroxyl groups is 1. The standard InChI is InChI=1S/C25H29NO6/c1-31-19-9-8-17(20(14-19)32-2)15-26-24(30)21(22(28)16-6-4-3-5-7-16)23(29)25(26)12-10-18(27)11-13-25/h8-10,12,14,16,29H,3-7,11,13,15H2,1-2H3. The Morgan fingerprint density at radius 1 is 1.16 bits per heavy atom. The number of methoxy groups -OCH3 is 2. The highest BCUT2D eigenvalue weighted by atomic mass is 16.5. The number of ketones is 2. The number of rotatable bonds is 6. The van der Waals surface area contributed by atoms with Gasteiger partial charge in [-0.05, 0) is 43.5 Å². The number of allylic oxidation sites excluding steroid dienone is 1. The zero-order chi connectivity index (χ0) is 22.9. The van der Waals surface area contributed by atoms with Crippen LogP contribution >= 0.6 is 0 Å². The van der Waals surface area contributed by atoms with Gasteiger partial charge in [0.2, 0.25) is 0 Å². The molecule has 0 saturated heterocycles. The summed E-state index contributed by atoms with van der Waals surface area (Å²) in [7, 11) is 3.09. The van der Waals surface area contributed by atoms with Gasteiger partial charge >= 0.3 is 0 Å². The van der Waals surface area contributed by atoms with Gasteiger partial charge < -0.3 is 19.5 Å². The summed E-state index contributed by atoms with van der Waals surface area (Å²) in [5.74, 6) is -0.151. The SMILES string of the molecule is COc1ccc(CN2C(=O)C(C(=O)C3CCCCC3)=C(O)C23C=CC(=O)CC3)c(OC)c1. The molecule has 1 atom stereocenters. The predicted octanol–water partition coefficient (Wildman–Crippen LogP) is 3.67. The highest BCUT2D eigenvalue weighted by molar-refractivity contribution is 6.22. The molecule has 1 N–H and O–H groups in total. The maximum absolute atomic E-state index is 13.6. The maximum Gasteiger partial charge on any atom is 0.262 e. The van der Waals surface area contributed by atoms with E-state index in [1.165, 1.54) is 18.1 Å². The van der Waals surface area contributed by atoms with Crippen LogP contribution in [0.5, 0.6) is 11.5 Å². The van der Waals surface area contributed by atoms with Crippen LogP contribution in [0.1, 0.15) is 50.5 Å². The third-order valence-corrected chi connectivity index (χ3v) is 6.93. The molecule has 32 heavy (non-hydrogen) atoms. The van der Waals surface area contributed by atoms with E-state index in [0.29, 0.717) is 17.1 Å². The van der Waals surface area contributed by atoms with E-state index >= 15 is 0 Å². The number of benzene rings is 1. The molecule has 1 saturated carbocycles. The fourth-order valence-electron chi connectivity index (χ4n) is 5.05. The van der Waals surface area contributed by atoms with Crippen LogP contribution in [-0.4, -0.2) is 47.2 Å². The van der Waals surface area contributed by atoms with Crippen molar-refractivity contribution in [2.24, 2.45) is 5.92 Å². The Morgan fingerprint density at radius 2 is 1.91 bits per heavy atom. The molecule has 7 heteroatoms. The van der Waals surface area contributed by atoms with Gasteiger partial charge in [0.15, 0.2) is 11.6 Å². The van der Waals surface area contributed by atoms with E-state index in [2.05, 4.69) is 0 Å². The van der Waals surface area contributed by atoms with Gasteiger partial charge in [0, 0.05) is 24.0 Å². The highest BCUT2D eigenvalue weighted by Crippen LogP contribution is 2.44. The molecule has 1 unspecified atom stereocenters. The van der Waals surface area contributed by atoms with Gasteiger partial charge in [-0.25, -0.2) is 0 Å². The summed E-state index contributed by atoms with van der Waals surface area (Å²) < 4.78 is 10.7. The van der Waals surface area contributed by atoms with Gasteiger partial charge in [0.25, 0.3) is 5.91 Å². The lowest BCUT2D eigenvalue weighted by molar-refractivity contribution is -0.133. The molecule has 2 aliphatic carbocycles. The summed E-state index contributed by atoms with van der Waals surface area (Å²) in [6.45, 7) is 0.121. The summed E-state index contributed by atoms with van der Waals surface area (Å²) >= 11 is 0. The van der Waals surface area contributed by atoms with Crippen LogP contribution in [0.25, 0.3) is 0 Å². The molecule has 7 nitrogen and oxygen atoms in total. The minimum absolute atomic E-state index is 0.0649. The van der Waals surface area contributed by atoms with E-state index in [1.807, 2.05) is 0 Å². The molecule has 4 rings (SSSR count). The normalized spacial score (nSPS) is 23.9. The van der Waals surface area contributed by atoms with Gasteiger partial charge in [0.05, 0.1) is 20.8 Å². The number of carbonyl (C=O) groups excluding carboxylic acids is 3. The average molecular weight is 440 g/mol. The smallest absolute Gasteiger partial charge is 0.262 e. The summed E-state index contributed by atoms with van der Waals surface area (Å²) in [6, 6.07) is 5.30. The first-order chi connectivity index (χ1) is 15.4. The van der Waals surface area contributed by atoms with E-state index < -0.39 is 11.4 Å². The first-order valence-electron chi connectivity index (χ1n) is 11.1. The first kappa shape index (κ1) is 22.1. The van der Waals surface area contributed by atoms with Gasteiger partial charge in [0.1, 0.15) is 28.4 Å². The van der Waals surface area contributed by atoms with E-state index in [1.54, 1.807) is 31.4 Å². The molecule has 1 fully saturated rings. The minimum Gasteiger partial charge on any atom is -0.508 e. The second kappa shape index (κ2) is 8.81. The van der Waals surface area contributed by atoms with Crippen molar-refractivity contribution >= 4 is 17.5 Å². The molecule has 1 amide bonds. The second-order valence-corrected chi connectivity index (χ2v) is 8.72. The molecular formula is C25H29NO6. The van der Waals surface area contributed by atoms with Crippen LogP contribution in [0.3, 0.4) is 0 Å². The molecular weight excluding hydrogens is 410 g/mol. The fourth-order valence-corrected chi connectivity index (χ4v) is 5.05. The van der Waals surface area contributed by atoms with Crippen molar-refractivity contribution in [2.45, 2.75) is 57.0 Å². The van der Waals surface area contributed by atoms with Crippen LogP contribution in [0.15, 0.2) is 41.7 Å². The Morgan fingerprint density at radius 3 is 2.53 bits per heavy atom. The Bertz CT molecular complexity index is 1000. The molecule has 1 heterocycles. The van der Waals surface area contributed by atoms with Crippen LogP contribution in [0.2, 0.25) is 0 Å². The highest BCUT2D eigenvalue weighted by Gasteiger charge is 2.54. The third-order valence-electron chi connectivity index (χ3n) is 6.93. The number of hydrogen-bond acceptors (Lipinski definition) is 6. The van der Waals surface area contributed by atoms with Crippen molar-refractivity contribution in [3.05, 3.63) is 47.2 Å². The molecule has 0 bridgehead atoms. The average Bonchev–Trinajstić information content (AvgIpc) is 3.02. The quantitative estimate of drug-likeness (QED) is 0.680. The topological polar surface area (TPSA) is 93.1 Å². The van der Waals surface area contributed by atoms with E-state index in [-0.39, 0.29) is 48.2 Å². The van der Waals surface area contributed by atoms with Crippen LogP contribution in [-0.2, 0) is 20.9 Å². The second-order valence-electron chi connectivity index (χ2n) is 8.72. The van der Waals surface area contributed by atoms with Crippen LogP contribution in [0, 0.1) is 5.92 Å². The van der Waals surface area contributed by atoms with Crippen LogP contribution < -0.4 is 9.47 Å². The van der Waals surface area contributed by atoms with Crippen molar-refractivity contribution in [1.29, 1.82) is 0 Å². The molecule has 1 aromatic rings. The Balaban J connectivity index is 1.74. The number of aliphatic hydroxyl groups excluding tert-OH is 1. The number of Topliss-reactive ketones (excluding diaryl/α,β-unsaturated/α-hetero) is 1. The van der Waals surface area contributed by atoms with E-state index in [9.17, 15) is 19.5 Å². The minimum atomic E-state index is -1.20. The Kier molecular flexibility index (Phi) is 6.09. The first-order valence-corrected chi connectivity index (χ1v) is 11.1. The summed E-state index contributed by atoms with van der Waals surface area (Å²) in [5.41, 5.74) is -0.607. The lowest BCUT2D eigenvalue weighted by atomic mass is 9.81. The molecule has 170 valence electrons. The molecule has 1 aromatic carbocycles. The summed E-state index contributed by atoms with van der Waals surface area (Å²) in [4.78, 5) is 40.3. The van der Waals surface area contributed by atoms with Crippen LogP contribution in [0.4, 0.5) is 0 Å². The predicted molar refractivity (Wildman–Crippen MR) is 117 cm³/mol. The maximum atomic E-state index is 13.6. The lowest BCUT2D eigenvalue weighted by Crippen LogP contribution is -2.48. The van der Waals surface area contributed by atoms with Crippen molar-refractivity contribution < 1.29 is 29.0 Å². The van der Waals surface area contributed by atoms with Crippen molar-refractivity contribution in [3.8, 4) is 11.5 Å². The van der Waals surface area contributed by atoms with Gasteiger partial charge in [-0.2, -0.15) is 0 Å². The zero-order valence-corrected chi connectivity index (χ0v) is 18.6. The largest absolute Gasteiger partial charge is 0.508 e. The van der Waals surface area contributed by atoms with Gasteiger partial charge in [-0.1, -0.05) is 19.3 Å². The van der Waals surface area contributed by atoms with Crippen molar-refractivity contribution in [2.75, 3.05) is 14.2 Å². The fraction of sp³-hybridized carbons (Fsp3) is 0.480. The Labute approximate surface area is 187 Å². The lowest BCUT2D eigenvalue weighted by Gasteiger charge is -2.38. The third kappa shape index (κ3) is 3.70. The number of ether oxygens (including phenoxy) is 2. The monoisotopic (exact) mass is 439 g/mol. The van der Waals surface area contributed by atoms with E-state index in [0.717, 1.165) is 32.1 Å². The molecule has 1 spiro atoms. The molecule has 0 aromatic heterocycles. The summed E-state index contributed by atoms with van der Waals surface area (Å²) in [6.07, 6.45) is 7.85.